The maximum absolute atomic E-state index is 11.1. The number of hydrazone groups is 1. The van der Waals surface area contributed by atoms with Gasteiger partial charge in [-0.15, -0.1) is 0 Å². The van der Waals surface area contributed by atoms with Crippen LogP contribution in [0, 0.1) is 0 Å². The summed E-state index contributed by atoms with van der Waals surface area (Å²) in [5, 5.41) is 9.68. The molecule has 1 N–H and O–H groups in total. The fourth-order valence-electron chi connectivity index (χ4n) is 2.87. The molecule has 6 nitrogen and oxygen atoms in total. The lowest BCUT2D eigenvalue weighted by Crippen LogP contribution is -2.12. The van der Waals surface area contributed by atoms with Gasteiger partial charge in [0.1, 0.15) is 11.3 Å². The number of hydrogen-bond donors (Lipinski definition) is 1. The fraction of sp³-hybridized carbons (Fsp3) is 0.0952. The molecule has 0 aliphatic heterocycles. The minimum absolute atomic E-state index is 0.229. The summed E-state index contributed by atoms with van der Waals surface area (Å²) >= 11 is 0. The van der Waals surface area contributed by atoms with E-state index in [2.05, 4.69) is 15.6 Å². The van der Waals surface area contributed by atoms with Crippen LogP contribution in [0.3, 0.4) is 0 Å². The standard InChI is InChI=1S/C21H18N4O2/c1-15(26)23-22-12-18-14-25(13-16-7-3-2-4-8-16)24-21(18)20-11-17-9-5-6-10-19(17)27-20/h2-12,14H,13H2,1H3,(H,23,26)/b22-12-. The van der Waals surface area contributed by atoms with Crippen molar-refractivity contribution in [3.63, 3.8) is 0 Å². The summed E-state index contributed by atoms with van der Waals surface area (Å²) in [6.07, 6.45) is 3.47. The number of furan rings is 1. The normalized spacial score (nSPS) is 11.3. The van der Waals surface area contributed by atoms with Gasteiger partial charge in [-0.05, 0) is 17.7 Å². The summed E-state index contributed by atoms with van der Waals surface area (Å²) < 4.78 is 7.80. The van der Waals surface area contributed by atoms with Crippen molar-refractivity contribution in [2.45, 2.75) is 13.5 Å². The third-order valence-corrected chi connectivity index (χ3v) is 4.06. The lowest BCUT2D eigenvalue weighted by atomic mass is 10.2. The number of rotatable bonds is 5. The van der Waals surface area contributed by atoms with Crippen LogP contribution in [0.5, 0.6) is 0 Å². The minimum atomic E-state index is -0.229. The molecule has 134 valence electrons. The lowest BCUT2D eigenvalue weighted by Gasteiger charge is -2.00. The Kier molecular flexibility index (Phi) is 4.53. The highest BCUT2D eigenvalue weighted by atomic mass is 16.3. The molecular weight excluding hydrogens is 340 g/mol. The molecule has 4 rings (SSSR count). The monoisotopic (exact) mass is 358 g/mol. The first-order chi connectivity index (χ1) is 13.2. The predicted molar refractivity (Wildman–Crippen MR) is 104 cm³/mol. The largest absolute Gasteiger partial charge is 0.454 e. The number of amides is 1. The third-order valence-electron chi connectivity index (χ3n) is 4.06. The third kappa shape index (κ3) is 3.79. The van der Waals surface area contributed by atoms with Crippen LogP contribution in [0.1, 0.15) is 18.1 Å². The molecule has 27 heavy (non-hydrogen) atoms. The highest BCUT2D eigenvalue weighted by Gasteiger charge is 2.15. The molecular formula is C21H18N4O2. The highest BCUT2D eigenvalue weighted by molar-refractivity contribution is 5.91. The number of hydrogen-bond acceptors (Lipinski definition) is 4. The summed E-state index contributed by atoms with van der Waals surface area (Å²) in [6.45, 7) is 2.04. The zero-order valence-corrected chi connectivity index (χ0v) is 14.8. The van der Waals surface area contributed by atoms with E-state index in [1.165, 1.54) is 6.92 Å². The van der Waals surface area contributed by atoms with Crippen LogP contribution in [-0.4, -0.2) is 21.9 Å². The molecule has 0 saturated carbocycles. The van der Waals surface area contributed by atoms with Gasteiger partial charge in [0, 0.05) is 24.1 Å². The van der Waals surface area contributed by atoms with E-state index >= 15 is 0 Å². The zero-order chi connectivity index (χ0) is 18.6. The summed E-state index contributed by atoms with van der Waals surface area (Å²) in [5.74, 6) is 0.431. The molecule has 4 aromatic rings. The van der Waals surface area contributed by atoms with Crippen LogP contribution in [0.15, 0.2) is 76.4 Å². The second-order valence-corrected chi connectivity index (χ2v) is 6.19. The van der Waals surface area contributed by atoms with E-state index in [4.69, 9.17) is 4.42 Å². The van der Waals surface area contributed by atoms with Crippen LogP contribution in [0.4, 0.5) is 0 Å². The van der Waals surface area contributed by atoms with E-state index in [0.717, 1.165) is 22.1 Å². The van der Waals surface area contributed by atoms with Gasteiger partial charge in [0.05, 0.1) is 12.8 Å². The Balaban J connectivity index is 1.73. The smallest absolute Gasteiger partial charge is 0.236 e. The van der Waals surface area contributed by atoms with Gasteiger partial charge in [-0.2, -0.15) is 10.2 Å². The van der Waals surface area contributed by atoms with Crippen molar-refractivity contribution in [3.05, 3.63) is 78.0 Å². The number of benzene rings is 2. The second kappa shape index (κ2) is 7.29. The first-order valence-electron chi connectivity index (χ1n) is 8.59. The van der Waals surface area contributed by atoms with E-state index in [-0.39, 0.29) is 5.91 Å². The maximum Gasteiger partial charge on any atom is 0.236 e. The van der Waals surface area contributed by atoms with Crippen molar-refractivity contribution in [1.82, 2.24) is 15.2 Å². The van der Waals surface area contributed by atoms with Crippen LogP contribution >= 0.6 is 0 Å². The van der Waals surface area contributed by atoms with Crippen molar-refractivity contribution >= 4 is 23.1 Å². The van der Waals surface area contributed by atoms with Crippen LogP contribution in [0.25, 0.3) is 22.4 Å². The molecule has 0 bridgehead atoms. The number of carbonyl (C=O) groups is 1. The summed E-state index contributed by atoms with van der Waals surface area (Å²) in [4.78, 5) is 11.1. The van der Waals surface area contributed by atoms with Crippen LogP contribution in [-0.2, 0) is 11.3 Å². The molecule has 0 spiro atoms. The van der Waals surface area contributed by atoms with Crippen molar-refractivity contribution in [2.75, 3.05) is 0 Å². The molecule has 1 amide bonds. The summed E-state index contributed by atoms with van der Waals surface area (Å²) in [6, 6.07) is 19.9. The molecule has 0 aliphatic carbocycles. The SMILES string of the molecule is CC(=O)N/N=C\c1cn(Cc2ccccc2)nc1-c1cc2ccccc2o1. The minimum Gasteiger partial charge on any atom is -0.454 e. The molecule has 0 unspecified atom stereocenters. The number of nitrogens with zero attached hydrogens (tertiary/aromatic N) is 3. The van der Waals surface area contributed by atoms with Gasteiger partial charge in [-0.25, -0.2) is 5.43 Å². The Hall–Kier alpha value is -3.67. The lowest BCUT2D eigenvalue weighted by molar-refractivity contribution is -0.118. The zero-order valence-electron chi connectivity index (χ0n) is 14.8. The Labute approximate surface area is 156 Å². The molecule has 2 heterocycles. The molecule has 6 heteroatoms. The summed E-state index contributed by atoms with van der Waals surface area (Å²) in [5.41, 5.74) is 5.80. The molecule has 0 radical (unpaired) electrons. The van der Waals surface area contributed by atoms with Gasteiger partial charge in [0.25, 0.3) is 0 Å². The Morgan fingerprint density at radius 2 is 1.96 bits per heavy atom. The number of para-hydroxylation sites is 1. The van der Waals surface area contributed by atoms with E-state index in [0.29, 0.717) is 18.0 Å². The quantitative estimate of drug-likeness (QED) is 0.435. The molecule has 2 aromatic heterocycles. The van der Waals surface area contributed by atoms with Gasteiger partial charge < -0.3 is 4.42 Å². The first kappa shape index (κ1) is 16.8. The average molecular weight is 358 g/mol. The molecule has 0 saturated heterocycles. The van der Waals surface area contributed by atoms with Gasteiger partial charge >= 0.3 is 0 Å². The molecule has 0 atom stereocenters. The second-order valence-electron chi connectivity index (χ2n) is 6.19. The molecule has 0 aliphatic rings. The van der Waals surface area contributed by atoms with E-state index in [9.17, 15) is 4.79 Å². The van der Waals surface area contributed by atoms with E-state index in [1.54, 1.807) is 6.21 Å². The van der Waals surface area contributed by atoms with E-state index < -0.39 is 0 Å². The van der Waals surface area contributed by atoms with Gasteiger partial charge in [0.15, 0.2) is 5.76 Å². The predicted octanol–water partition coefficient (Wildman–Crippen LogP) is 3.81. The molecule has 0 fully saturated rings. The van der Waals surface area contributed by atoms with Crippen molar-refractivity contribution in [3.8, 4) is 11.5 Å². The Morgan fingerprint density at radius 1 is 1.19 bits per heavy atom. The topological polar surface area (TPSA) is 72.4 Å². The Morgan fingerprint density at radius 3 is 2.74 bits per heavy atom. The molecule has 2 aromatic carbocycles. The highest BCUT2D eigenvalue weighted by Crippen LogP contribution is 2.28. The first-order valence-corrected chi connectivity index (χ1v) is 8.59. The number of carbonyl (C=O) groups excluding carboxylic acids is 1. The summed E-state index contributed by atoms with van der Waals surface area (Å²) in [7, 11) is 0. The van der Waals surface area contributed by atoms with Gasteiger partial charge in [0.2, 0.25) is 5.91 Å². The Bertz CT molecular complexity index is 1080. The van der Waals surface area contributed by atoms with Crippen molar-refractivity contribution in [1.29, 1.82) is 0 Å². The number of aromatic nitrogens is 2. The fourth-order valence-corrected chi connectivity index (χ4v) is 2.87. The van der Waals surface area contributed by atoms with Crippen LogP contribution in [0.2, 0.25) is 0 Å². The van der Waals surface area contributed by atoms with Crippen LogP contribution < -0.4 is 5.43 Å². The number of fused-ring (bicyclic) bond motifs is 1. The maximum atomic E-state index is 11.1. The van der Waals surface area contributed by atoms with Crippen molar-refractivity contribution in [2.24, 2.45) is 5.10 Å². The van der Waals surface area contributed by atoms with E-state index in [1.807, 2.05) is 71.5 Å². The van der Waals surface area contributed by atoms with Gasteiger partial charge in [-0.3, -0.25) is 9.48 Å². The van der Waals surface area contributed by atoms with Gasteiger partial charge in [-0.1, -0.05) is 48.5 Å². The number of nitrogens with one attached hydrogen (secondary N) is 1. The average Bonchev–Trinajstić information content (AvgIpc) is 3.26. The van der Waals surface area contributed by atoms with Crippen molar-refractivity contribution < 1.29 is 9.21 Å².